The zero-order valence-electron chi connectivity index (χ0n) is 10.8. The molecule has 0 aliphatic heterocycles. The molecule has 1 aromatic rings. The van der Waals surface area contributed by atoms with Crippen LogP contribution in [0, 0.1) is 0 Å². The molecular formula is C11H14ClF3N2O2S. The van der Waals surface area contributed by atoms with Crippen LogP contribution in [0.3, 0.4) is 0 Å². The van der Waals surface area contributed by atoms with Crippen LogP contribution in [-0.4, -0.2) is 31.5 Å². The minimum absolute atomic E-state index is 0.101. The highest BCUT2D eigenvalue weighted by molar-refractivity contribution is 7.89. The number of halogens is 4. The van der Waals surface area contributed by atoms with Crippen molar-refractivity contribution in [3.8, 4) is 0 Å². The van der Waals surface area contributed by atoms with Gasteiger partial charge in [0.25, 0.3) is 0 Å². The summed E-state index contributed by atoms with van der Waals surface area (Å²) in [5.74, 6) is 0. The Morgan fingerprint density at radius 2 is 1.90 bits per heavy atom. The molecule has 1 aromatic carbocycles. The van der Waals surface area contributed by atoms with E-state index in [-0.39, 0.29) is 10.7 Å². The summed E-state index contributed by atoms with van der Waals surface area (Å²) in [6.45, 7) is 1.12. The molecule has 0 aliphatic rings. The Morgan fingerprint density at radius 3 is 2.35 bits per heavy atom. The third-order valence-electron chi connectivity index (χ3n) is 2.45. The third-order valence-corrected chi connectivity index (χ3v) is 4.96. The lowest BCUT2D eigenvalue weighted by Crippen LogP contribution is -2.43. The van der Waals surface area contributed by atoms with Gasteiger partial charge in [0, 0.05) is 11.7 Å². The first-order valence-corrected chi connectivity index (χ1v) is 7.40. The topological polar surface area (TPSA) is 63.4 Å². The van der Waals surface area contributed by atoms with Crippen molar-refractivity contribution in [2.45, 2.75) is 31.0 Å². The second kappa shape index (κ2) is 5.79. The van der Waals surface area contributed by atoms with Crippen LogP contribution in [0.4, 0.5) is 18.9 Å². The van der Waals surface area contributed by atoms with Crippen molar-refractivity contribution in [1.29, 1.82) is 0 Å². The normalized spacial score (nSPS) is 13.2. The molecule has 4 nitrogen and oxygen atoms in total. The van der Waals surface area contributed by atoms with E-state index < -0.39 is 33.7 Å². The molecular weight excluding hydrogens is 317 g/mol. The van der Waals surface area contributed by atoms with E-state index in [1.165, 1.54) is 26.0 Å². The van der Waals surface area contributed by atoms with Gasteiger partial charge in [-0.3, -0.25) is 0 Å². The van der Waals surface area contributed by atoms with Gasteiger partial charge in [-0.2, -0.15) is 17.5 Å². The summed E-state index contributed by atoms with van der Waals surface area (Å²) in [7, 11) is -4.39. The molecule has 9 heteroatoms. The van der Waals surface area contributed by atoms with Crippen molar-refractivity contribution in [1.82, 2.24) is 4.31 Å². The summed E-state index contributed by atoms with van der Waals surface area (Å²) in [5, 5.41) is -0.174. The quantitative estimate of drug-likeness (QED) is 0.863. The van der Waals surface area contributed by atoms with Crippen molar-refractivity contribution >= 4 is 27.3 Å². The summed E-state index contributed by atoms with van der Waals surface area (Å²) in [5.41, 5.74) is 5.56. The predicted molar refractivity (Wildman–Crippen MR) is 70.9 cm³/mol. The van der Waals surface area contributed by atoms with Gasteiger partial charge < -0.3 is 5.73 Å². The molecule has 0 aromatic heterocycles. The van der Waals surface area contributed by atoms with Gasteiger partial charge in [0.05, 0.1) is 5.02 Å². The lowest BCUT2D eigenvalue weighted by Gasteiger charge is -2.27. The maximum absolute atomic E-state index is 12.5. The van der Waals surface area contributed by atoms with E-state index in [1.54, 1.807) is 0 Å². The first-order valence-electron chi connectivity index (χ1n) is 5.59. The number of nitrogens with two attached hydrogens (primary N) is 1. The number of hydrogen-bond acceptors (Lipinski definition) is 3. The average Bonchev–Trinajstić information content (AvgIpc) is 2.27. The maximum atomic E-state index is 12.5. The molecule has 0 radical (unpaired) electrons. The van der Waals surface area contributed by atoms with Gasteiger partial charge in [-0.15, -0.1) is 0 Å². The maximum Gasteiger partial charge on any atom is 0.402 e. The van der Waals surface area contributed by atoms with E-state index >= 15 is 0 Å². The van der Waals surface area contributed by atoms with E-state index in [0.717, 1.165) is 6.07 Å². The standard InChI is InChI=1S/C11H14ClF3N2O2S/c1-7(2)17(6-11(13,14)15)20(18,19)10-5-8(16)3-4-9(10)12/h3-5,7H,6,16H2,1-2H3. The molecule has 0 unspecified atom stereocenters. The van der Waals surface area contributed by atoms with Gasteiger partial charge >= 0.3 is 6.18 Å². The van der Waals surface area contributed by atoms with E-state index in [2.05, 4.69) is 0 Å². The van der Waals surface area contributed by atoms with Crippen LogP contribution >= 0.6 is 11.6 Å². The van der Waals surface area contributed by atoms with Gasteiger partial charge in [-0.25, -0.2) is 8.42 Å². The molecule has 0 atom stereocenters. The van der Waals surface area contributed by atoms with Gasteiger partial charge in [0.1, 0.15) is 11.4 Å². The number of anilines is 1. The summed E-state index contributed by atoms with van der Waals surface area (Å²) in [6, 6.07) is 2.77. The molecule has 0 spiro atoms. The second-order valence-electron chi connectivity index (χ2n) is 4.45. The van der Waals surface area contributed by atoms with Crippen LogP contribution < -0.4 is 5.73 Å². The highest BCUT2D eigenvalue weighted by Gasteiger charge is 2.39. The molecule has 0 bridgehead atoms. The SMILES string of the molecule is CC(C)N(CC(F)(F)F)S(=O)(=O)c1cc(N)ccc1Cl. The minimum Gasteiger partial charge on any atom is -0.399 e. The Morgan fingerprint density at radius 1 is 1.35 bits per heavy atom. The molecule has 2 N–H and O–H groups in total. The molecule has 0 aliphatic carbocycles. The van der Waals surface area contributed by atoms with Crippen molar-refractivity contribution in [2.24, 2.45) is 0 Å². The Kier molecular flexibility index (Phi) is 4.94. The fourth-order valence-corrected chi connectivity index (χ4v) is 3.70. The van der Waals surface area contributed by atoms with Gasteiger partial charge in [-0.05, 0) is 32.0 Å². The molecule has 0 saturated carbocycles. The van der Waals surface area contributed by atoms with E-state index in [0.29, 0.717) is 4.31 Å². The van der Waals surface area contributed by atoms with Crippen LogP contribution in [0.2, 0.25) is 5.02 Å². The van der Waals surface area contributed by atoms with Crippen molar-refractivity contribution in [3.05, 3.63) is 23.2 Å². The Balaban J connectivity index is 3.34. The number of hydrogen-bond donors (Lipinski definition) is 1. The van der Waals surface area contributed by atoms with Crippen LogP contribution in [0.15, 0.2) is 23.1 Å². The number of nitrogen functional groups attached to an aromatic ring is 1. The summed E-state index contributed by atoms with van der Waals surface area (Å²) in [4.78, 5) is -0.433. The number of rotatable bonds is 4. The Bertz CT molecular complexity index is 588. The Labute approximate surface area is 120 Å². The fraction of sp³-hybridized carbons (Fsp3) is 0.455. The molecule has 114 valence electrons. The predicted octanol–water partition coefficient (Wildman–Crippen LogP) is 2.88. The molecule has 20 heavy (non-hydrogen) atoms. The smallest absolute Gasteiger partial charge is 0.399 e. The van der Waals surface area contributed by atoms with Gasteiger partial charge in [-0.1, -0.05) is 11.6 Å². The number of benzene rings is 1. The van der Waals surface area contributed by atoms with E-state index in [1.807, 2.05) is 0 Å². The number of alkyl halides is 3. The lowest BCUT2D eigenvalue weighted by molar-refractivity contribution is -0.138. The van der Waals surface area contributed by atoms with Gasteiger partial charge in [0.2, 0.25) is 10.0 Å². The molecule has 0 amide bonds. The van der Waals surface area contributed by atoms with E-state index in [4.69, 9.17) is 17.3 Å². The van der Waals surface area contributed by atoms with Crippen LogP contribution in [0.5, 0.6) is 0 Å². The Hall–Kier alpha value is -0.990. The fourth-order valence-electron chi connectivity index (χ4n) is 1.57. The molecule has 0 saturated heterocycles. The van der Waals surface area contributed by atoms with Crippen molar-refractivity contribution < 1.29 is 21.6 Å². The highest BCUT2D eigenvalue weighted by atomic mass is 35.5. The summed E-state index contributed by atoms with van der Waals surface area (Å²) >= 11 is 5.76. The van der Waals surface area contributed by atoms with Crippen molar-refractivity contribution in [2.75, 3.05) is 12.3 Å². The monoisotopic (exact) mass is 330 g/mol. The lowest BCUT2D eigenvalue weighted by atomic mass is 10.3. The zero-order valence-corrected chi connectivity index (χ0v) is 12.4. The van der Waals surface area contributed by atoms with E-state index in [9.17, 15) is 21.6 Å². The zero-order chi connectivity index (χ0) is 15.7. The first-order chi connectivity index (χ1) is 8.95. The average molecular weight is 331 g/mol. The highest BCUT2D eigenvalue weighted by Crippen LogP contribution is 2.30. The number of nitrogens with zero attached hydrogens (tertiary/aromatic N) is 1. The molecule has 0 fully saturated rings. The largest absolute Gasteiger partial charge is 0.402 e. The summed E-state index contributed by atoms with van der Waals surface area (Å²) < 4.78 is 62.5. The van der Waals surface area contributed by atoms with Gasteiger partial charge in [0.15, 0.2) is 0 Å². The third kappa shape index (κ3) is 4.00. The van der Waals surface area contributed by atoms with Crippen LogP contribution in [0.1, 0.15) is 13.8 Å². The van der Waals surface area contributed by atoms with Crippen molar-refractivity contribution in [3.63, 3.8) is 0 Å². The first kappa shape index (κ1) is 17.1. The van der Waals surface area contributed by atoms with Crippen LogP contribution in [-0.2, 0) is 10.0 Å². The second-order valence-corrected chi connectivity index (χ2v) is 6.72. The summed E-state index contributed by atoms with van der Waals surface area (Å²) in [6.07, 6.45) is -4.65. The minimum atomic E-state index is -4.65. The molecule has 0 heterocycles. The molecule has 1 rings (SSSR count). The van der Waals surface area contributed by atoms with Crippen LogP contribution in [0.25, 0.3) is 0 Å². The number of sulfonamides is 1.